The third-order valence-corrected chi connectivity index (χ3v) is 4.31. The van der Waals surface area contributed by atoms with Crippen molar-refractivity contribution in [3.8, 4) is 0 Å². The lowest BCUT2D eigenvalue weighted by molar-refractivity contribution is -0.122. The van der Waals surface area contributed by atoms with Gasteiger partial charge in [0.25, 0.3) is 0 Å². The zero-order chi connectivity index (χ0) is 11.0. The summed E-state index contributed by atoms with van der Waals surface area (Å²) in [4.78, 5) is 11.8. The maximum Gasteiger partial charge on any atom is 0.223 e. The lowest BCUT2D eigenvalue weighted by atomic mass is 9.81. The minimum Gasteiger partial charge on any atom is -0.356 e. The van der Waals surface area contributed by atoms with Crippen molar-refractivity contribution in [3.05, 3.63) is 0 Å². The van der Waals surface area contributed by atoms with Crippen LogP contribution < -0.4 is 5.32 Å². The first-order valence-corrected chi connectivity index (χ1v) is 6.44. The first kappa shape index (κ1) is 11.0. The van der Waals surface area contributed by atoms with Crippen LogP contribution >= 0.6 is 0 Å². The average molecular weight is 209 g/mol. The smallest absolute Gasteiger partial charge is 0.223 e. The topological polar surface area (TPSA) is 29.1 Å². The third kappa shape index (κ3) is 1.91. The number of amides is 1. The first-order valence-electron chi connectivity index (χ1n) is 6.44. The molecule has 2 nitrogen and oxygen atoms in total. The quantitative estimate of drug-likeness (QED) is 0.760. The third-order valence-electron chi connectivity index (χ3n) is 4.31. The molecule has 2 saturated carbocycles. The molecule has 0 saturated heterocycles. The predicted molar refractivity (Wildman–Crippen MR) is 61.3 cm³/mol. The van der Waals surface area contributed by atoms with E-state index in [1.54, 1.807) is 0 Å². The van der Waals surface area contributed by atoms with Crippen molar-refractivity contribution < 1.29 is 4.79 Å². The molecule has 1 N–H and O–H groups in total. The maximum absolute atomic E-state index is 11.8. The van der Waals surface area contributed by atoms with E-state index in [1.165, 1.54) is 19.3 Å². The Kier molecular flexibility index (Phi) is 3.03. The molecule has 2 heteroatoms. The highest BCUT2D eigenvalue weighted by Gasteiger charge is 2.59. The number of carbonyl (C=O) groups excluding carboxylic acids is 1. The highest BCUT2D eigenvalue weighted by molar-refractivity contribution is 5.82. The SMILES string of the molecule is CCNC(=O)C1C2CCCC(C(C)C)C21. The molecule has 0 bridgehead atoms. The van der Waals surface area contributed by atoms with Crippen molar-refractivity contribution in [1.82, 2.24) is 5.32 Å². The van der Waals surface area contributed by atoms with Crippen LogP contribution in [0.5, 0.6) is 0 Å². The van der Waals surface area contributed by atoms with Crippen molar-refractivity contribution in [2.45, 2.75) is 40.0 Å². The van der Waals surface area contributed by atoms with Gasteiger partial charge in [-0.2, -0.15) is 0 Å². The van der Waals surface area contributed by atoms with Crippen LogP contribution in [0, 0.1) is 29.6 Å². The van der Waals surface area contributed by atoms with Gasteiger partial charge in [0.05, 0.1) is 0 Å². The molecule has 15 heavy (non-hydrogen) atoms. The van der Waals surface area contributed by atoms with Gasteiger partial charge in [0.15, 0.2) is 0 Å². The number of nitrogens with one attached hydrogen (secondary N) is 1. The molecular formula is C13H23NO. The van der Waals surface area contributed by atoms with Gasteiger partial charge in [-0.05, 0) is 43.4 Å². The molecule has 2 fully saturated rings. The van der Waals surface area contributed by atoms with E-state index in [-0.39, 0.29) is 0 Å². The van der Waals surface area contributed by atoms with Crippen LogP contribution in [-0.2, 0) is 4.79 Å². The van der Waals surface area contributed by atoms with Gasteiger partial charge in [0.2, 0.25) is 5.91 Å². The van der Waals surface area contributed by atoms with Crippen LogP contribution in [-0.4, -0.2) is 12.5 Å². The van der Waals surface area contributed by atoms with Gasteiger partial charge < -0.3 is 5.32 Å². The van der Waals surface area contributed by atoms with E-state index in [9.17, 15) is 4.79 Å². The van der Waals surface area contributed by atoms with Crippen LogP contribution in [0.4, 0.5) is 0 Å². The molecule has 0 aromatic carbocycles. The van der Waals surface area contributed by atoms with E-state index in [4.69, 9.17) is 0 Å². The molecule has 0 spiro atoms. The molecule has 2 aliphatic carbocycles. The fraction of sp³-hybridized carbons (Fsp3) is 0.923. The average Bonchev–Trinajstić information content (AvgIpc) is 2.91. The van der Waals surface area contributed by atoms with E-state index < -0.39 is 0 Å². The van der Waals surface area contributed by atoms with Crippen molar-refractivity contribution in [2.24, 2.45) is 29.6 Å². The second-order valence-electron chi connectivity index (χ2n) is 5.50. The predicted octanol–water partition coefficient (Wildman–Crippen LogP) is 2.44. The minimum atomic E-state index is 0.319. The van der Waals surface area contributed by atoms with Crippen molar-refractivity contribution in [2.75, 3.05) is 6.54 Å². The summed E-state index contributed by atoms with van der Waals surface area (Å²) in [5.74, 6) is 3.66. The van der Waals surface area contributed by atoms with Crippen LogP contribution in [0.25, 0.3) is 0 Å². The Bertz CT molecular complexity index is 249. The molecule has 4 unspecified atom stereocenters. The number of hydrogen-bond donors (Lipinski definition) is 1. The van der Waals surface area contributed by atoms with Crippen molar-refractivity contribution in [3.63, 3.8) is 0 Å². The highest BCUT2D eigenvalue weighted by Crippen LogP contribution is 2.59. The van der Waals surface area contributed by atoms with Gasteiger partial charge in [0, 0.05) is 12.5 Å². The number of hydrogen-bond acceptors (Lipinski definition) is 1. The Morgan fingerprint density at radius 3 is 2.73 bits per heavy atom. The Balaban J connectivity index is 1.98. The van der Waals surface area contributed by atoms with Crippen molar-refractivity contribution >= 4 is 5.91 Å². The van der Waals surface area contributed by atoms with Gasteiger partial charge in [-0.25, -0.2) is 0 Å². The Hall–Kier alpha value is -0.530. The van der Waals surface area contributed by atoms with E-state index in [2.05, 4.69) is 19.2 Å². The van der Waals surface area contributed by atoms with E-state index in [1.807, 2.05) is 6.92 Å². The Morgan fingerprint density at radius 1 is 1.40 bits per heavy atom. The van der Waals surface area contributed by atoms with Crippen LogP contribution in [0.15, 0.2) is 0 Å². The fourth-order valence-corrected chi connectivity index (χ4v) is 3.58. The Labute approximate surface area is 92.8 Å². The Morgan fingerprint density at radius 2 is 2.13 bits per heavy atom. The van der Waals surface area contributed by atoms with Crippen LogP contribution in [0.1, 0.15) is 40.0 Å². The summed E-state index contributed by atoms with van der Waals surface area (Å²) in [6, 6.07) is 0. The lowest BCUT2D eigenvalue weighted by Crippen LogP contribution is -2.26. The highest BCUT2D eigenvalue weighted by atomic mass is 16.2. The van der Waals surface area contributed by atoms with Gasteiger partial charge in [0.1, 0.15) is 0 Å². The van der Waals surface area contributed by atoms with Crippen LogP contribution in [0.2, 0.25) is 0 Å². The van der Waals surface area contributed by atoms with Gasteiger partial charge in [-0.3, -0.25) is 4.79 Å². The van der Waals surface area contributed by atoms with Gasteiger partial charge in [-0.1, -0.05) is 20.3 Å². The monoisotopic (exact) mass is 209 g/mol. The molecule has 0 aromatic rings. The summed E-state index contributed by atoms with van der Waals surface area (Å²) in [5.41, 5.74) is 0. The summed E-state index contributed by atoms with van der Waals surface area (Å²) in [5, 5.41) is 2.98. The summed E-state index contributed by atoms with van der Waals surface area (Å²) < 4.78 is 0. The maximum atomic E-state index is 11.8. The summed E-state index contributed by atoms with van der Waals surface area (Å²) >= 11 is 0. The molecule has 2 rings (SSSR count). The fourth-order valence-electron chi connectivity index (χ4n) is 3.58. The van der Waals surface area contributed by atoms with Crippen molar-refractivity contribution in [1.29, 1.82) is 0 Å². The molecule has 4 atom stereocenters. The summed E-state index contributed by atoms with van der Waals surface area (Å²) in [6.07, 6.45) is 3.96. The van der Waals surface area contributed by atoms with Gasteiger partial charge >= 0.3 is 0 Å². The zero-order valence-electron chi connectivity index (χ0n) is 10.1. The normalized spacial score (nSPS) is 38.7. The van der Waals surface area contributed by atoms with Gasteiger partial charge in [-0.15, -0.1) is 0 Å². The molecule has 86 valence electrons. The molecular weight excluding hydrogens is 186 g/mol. The molecule has 0 radical (unpaired) electrons. The van der Waals surface area contributed by atoms with E-state index in [0.29, 0.717) is 17.7 Å². The van der Waals surface area contributed by atoms with E-state index >= 15 is 0 Å². The number of carbonyl (C=O) groups is 1. The second-order valence-corrected chi connectivity index (χ2v) is 5.50. The molecule has 0 aromatic heterocycles. The lowest BCUT2D eigenvalue weighted by Gasteiger charge is -2.24. The first-order chi connectivity index (χ1) is 7.16. The standard InChI is InChI=1S/C13H23NO/c1-4-14-13(15)12-10-7-5-6-9(8(2)3)11(10)12/h8-12H,4-7H2,1-3H3,(H,14,15). The van der Waals surface area contributed by atoms with Crippen LogP contribution in [0.3, 0.4) is 0 Å². The van der Waals surface area contributed by atoms with E-state index in [0.717, 1.165) is 24.3 Å². The number of rotatable bonds is 3. The summed E-state index contributed by atoms with van der Waals surface area (Å²) in [6.45, 7) is 7.39. The zero-order valence-corrected chi connectivity index (χ0v) is 10.1. The number of fused-ring (bicyclic) bond motifs is 1. The summed E-state index contributed by atoms with van der Waals surface area (Å²) in [7, 11) is 0. The molecule has 2 aliphatic rings. The minimum absolute atomic E-state index is 0.319. The molecule has 1 amide bonds. The second kappa shape index (κ2) is 4.15. The molecule has 0 heterocycles. The largest absolute Gasteiger partial charge is 0.356 e. The molecule has 0 aliphatic heterocycles.